The summed E-state index contributed by atoms with van der Waals surface area (Å²) in [7, 11) is -7.41. The van der Waals surface area contributed by atoms with E-state index in [1.54, 1.807) is 0 Å². The van der Waals surface area contributed by atoms with Crippen LogP contribution < -0.4 is 0 Å². The smallest absolute Gasteiger partial charge is 0.264 e. The minimum atomic E-state index is -3.71. The zero-order valence-corrected chi connectivity index (χ0v) is 12.8. The third kappa shape index (κ3) is 5.81. The summed E-state index contributed by atoms with van der Waals surface area (Å²) in [5.74, 6) is -1.60. The van der Waals surface area contributed by atoms with Crippen molar-refractivity contribution >= 4 is 26.5 Å². The molecule has 0 bridgehead atoms. The van der Waals surface area contributed by atoms with Crippen molar-refractivity contribution in [1.82, 2.24) is 0 Å². The molecule has 1 aliphatic heterocycles. The molecular weight excluding hydrogens is 316 g/mol. The van der Waals surface area contributed by atoms with E-state index in [9.17, 15) is 21.6 Å². The van der Waals surface area contributed by atoms with Crippen LogP contribution in [0.5, 0.6) is 0 Å². The van der Waals surface area contributed by atoms with Gasteiger partial charge in [-0.05, 0) is 6.92 Å². The Hall–Kier alpha value is -0.590. The van der Waals surface area contributed by atoms with Gasteiger partial charge in [0, 0.05) is 0 Å². The van der Waals surface area contributed by atoms with Crippen molar-refractivity contribution in [3.8, 4) is 0 Å². The third-order valence-corrected chi connectivity index (χ3v) is 3.42. The monoisotopic (exact) mass is 332 g/mol. The molecule has 11 heteroatoms. The first kappa shape index (κ1) is 17.5. The summed E-state index contributed by atoms with van der Waals surface area (Å²) < 4.78 is 63.3. The number of hydrogen-bond donors (Lipinski definition) is 0. The fourth-order valence-corrected chi connectivity index (χ4v) is 2.26. The molecule has 0 unspecified atom stereocenters. The zero-order chi connectivity index (χ0) is 15.6. The van der Waals surface area contributed by atoms with E-state index in [1.165, 1.54) is 6.92 Å². The van der Waals surface area contributed by atoms with Crippen molar-refractivity contribution in [2.75, 3.05) is 25.7 Å². The van der Waals surface area contributed by atoms with Crippen LogP contribution in [0.15, 0.2) is 0 Å². The van der Waals surface area contributed by atoms with Crippen molar-refractivity contribution < 1.29 is 39.5 Å². The second-order valence-electron chi connectivity index (χ2n) is 4.42. The Morgan fingerprint density at radius 2 is 1.35 bits per heavy atom. The average Bonchev–Trinajstić information content (AvgIpc) is 2.60. The average molecular weight is 332 g/mol. The van der Waals surface area contributed by atoms with Gasteiger partial charge in [-0.25, -0.2) is 0 Å². The number of carbonyl (C=O) groups is 1. The first-order valence-corrected chi connectivity index (χ1v) is 9.08. The van der Waals surface area contributed by atoms with Gasteiger partial charge < -0.3 is 9.47 Å². The van der Waals surface area contributed by atoms with Gasteiger partial charge in [-0.15, -0.1) is 0 Å². The van der Waals surface area contributed by atoms with E-state index in [2.05, 4.69) is 8.37 Å². The number of rotatable bonds is 7. The fourth-order valence-electron chi connectivity index (χ4n) is 1.50. The summed E-state index contributed by atoms with van der Waals surface area (Å²) in [6.45, 7) is 0.480. The second-order valence-corrected chi connectivity index (χ2v) is 7.71. The van der Waals surface area contributed by atoms with E-state index in [0.29, 0.717) is 6.29 Å². The highest BCUT2D eigenvalue weighted by Crippen LogP contribution is 2.28. The quantitative estimate of drug-likeness (QED) is 0.410. The predicted molar refractivity (Wildman–Crippen MR) is 65.8 cm³/mol. The molecule has 1 fully saturated rings. The van der Waals surface area contributed by atoms with E-state index in [4.69, 9.17) is 9.47 Å². The van der Waals surface area contributed by atoms with E-state index in [0.717, 1.165) is 12.5 Å². The highest BCUT2D eigenvalue weighted by atomic mass is 32.2. The number of aldehydes is 1. The molecule has 0 amide bonds. The maximum atomic E-state index is 10.9. The van der Waals surface area contributed by atoms with Crippen molar-refractivity contribution in [3.63, 3.8) is 0 Å². The van der Waals surface area contributed by atoms with Crippen LogP contribution in [0, 0.1) is 0 Å². The summed E-state index contributed by atoms with van der Waals surface area (Å²) in [6.07, 6.45) is 0.164. The van der Waals surface area contributed by atoms with E-state index < -0.39 is 51.4 Å². The van der Waals surface area contributed by atoms with Crippen LogP contribution in [0.4, 0.5) is 0 Å². The molecule has 1 aliphatic rings. The third-order valence-electron chi connectivity index (χ3n) is 2.29. The van der Waals surface area contributed by atoms with Crippen molar-refractivity contribution in [2.45, 2.75) is 24.9 Å². The summed E-state index contributed by atoms with van der Waals surface area (Å²) in [6, 6.07) is 0. The minimum Gasteiger partial charge on any atom is -0.335 e. The first-order valence-electron chi connectivity index (χ1n) is 5.45. The van der Waals surface area contributed by atoms with Gasteiger partial charge in [0.1, 0.15) is 12.2 Å². The van der Waals surface area contributed by atoms with Gasteiger partial charge >= 0.3 is 0 Å². The molecule has 1 heterocycles. The molecule has 0 aliphatic carbocycles. The van der Waals surface area contributed by atoms with Crippen LogP contribution >= 0.6 is 0 Å². The van der Waals surface area contributed by atoms with Gasteiger partial charge in [-0.1, -0.05) is 0 Å². The lowest BCUT2D eigenvalue weighted by atomic mass is 10.2. The van der Waals surface area contributed by atoms with E-state index >= 15 is 0 Å². The van der Waals surface area contributed by atoms with Crippen molar-refractivity contribution in [1.29, 1.82) is 0 Å². The molecule has 0 aromatic heterocycles. The Morgan fingerprint density at radius 1 is 1.00 bits per heavy atom. The second kappa shape index (κ2) is 6.03. The van der Waals surface area contributed by atoms with Crippen LogP contribution in [0.1, 0.15) is 6.92 Å². The molecule has 1 rings (SSSR count). The Labute approximate surface area is 117 Å². The topological polar surface area (TPSA) is 122 Å². The molecule has 0 N–H and O–H groups in total. The molecule has 0 saturated carbocycles. The molecule has 1 saturated heterocycles. The summed E-state index contributed by atoms with van der Waals surface area (Å²) in [5.41, 5.74) is 0. The Kier molecular flexibility index (Phi) is 5.27. The minimum absolute atomic E-state index is 0.376. The summed E-state index contributed by atoms with van der Waals surface area (Å²) >= 11 is 0. The lowest BCUT2D eigenvalue weighted by Crippen LogP contribution is -2.33. The first-order chi connectivity index (χ1) is 8.94. The van der Waals surface area contributed by atoms with Gasteiger partial charge in [0.05, 0.1) is 25.7 Å². The van der Waals surface area contributed by atoms with Gasteiger partial charge in [0.15, 0.2) is 6.29 Å². The Balaban J connectivity index is 2.74. The highest BCUT2D eigenvalue weighted by molar-refractivity contribution is 7.86. The van der Waals surface area contributed by atoms with E-state index in [-0.39, 0.29) is 0 Å². The SMILES string of the molecule is CC1(C=O)O[C@H](COS(C)(=O)=O)[C@@H](COS(C)(=O)=O)O1. The Bertz CT molecular complexity index is 506. The van der Waals surface area contributed by atoms with E-state index in [1.807, 2.05) is 0 Å². The summed E-state index contributed by atoms with van der Waals surface area (Å²) in [4.78, 5) is 10.9. The molecule has 0 aromatic rings. The van der Waals surface area contributed by atoms with Gasteiger partial charge in [-0.2, -0.15) is 16.8 Å². The van der Waals surface area contributed by atoms with Crippen LogP contribution in [0.2, 0.25) is 0 Å². The normalized spacial score (nSPS) is 26.6. The van der Waals surface area contributed by atoms with Crippen LogP contribution in [0.3, 0.4) is 0 Å². The standard InChI is InChI=1S/C9H16O9S2/c1-9(6-10)17-7(4-15-19(2,11)12)8(18-9)5-16-20(3,13)14/h6-8H,4-5H2,1-3H3/t7-,8-/m1/s1. The maximum absolute atomic E-state index is 10.9. The lowest BCUT2D eigenvalue weighted by Gasteiger charge is -2.15. The van der Waals surface area contributed by atoms with Crippen molar-refractivity contribution in [2.24, 2.45) is 0 Å². The predicted octanol–water partition coefficient (Wildman–Crippen LogP) is -1.36. The molecule has 9 nitrogen and oxygen atoms in total. The highest BCUT2D eigenvalue weighted by Gasteiger charge is 2.45. The van der Waals surface area contributed by atoms with Gasteiger partial charge in [0.2, 0.25) is 5.79 Å². The molecule has 118 valence electrons. The van der Waals surface area contributed by atoms with Crippen LogP contribution in [0.25, 0.3) is 0 Å². The molecule has 0 radical (unpaired) electrons. The molecular formula is C9H16O9S2. The summed E-state index contributed by atoms with van der Waals surface area (Å²) in [5, 5.41) is 0. The molecule has 0 aromatic carbocycles. The van der Waals surface area contributed by atoms with Crippen LogP contribution in [-0.4, -0.2) is 66.8 Å². The van der Waals surface area contributed by atoms with Crippen LogP contribution in [-0.2, 0) is 42.9 Å². The zero-order valence-electron chi connectivity index (χ0n) is 11.1. The van der Waals surface area contributed by atoms with Gasteiger partial charge in [0.25, 0.3) is 20.2 Å². The largest absolute Gasteiger partial charge is 0.335 e. The Morgan fingerprint density at radius 3 is 1.60 bits per heavy atom. The lowest BCUT2D eigenvalue weighted by molar-refractivity contribution is -0.170. The molecule has 2 atom stereocenters. The number of hydrogen-bond acceptors (Lipinski definition) is 9. The van der Waals surface area contributed by atoms with Crippen molar-refractivity contribution in [3.05, 3.63) is 0 Å². The number of ether oxygens (including phenoxy) is 2. The van der Waals surface area contributed by atoms with Gasteiger partial charge in [-0.3, -0.25) is 13.2 Å². The maximum Gasteiger partial charge on any atom is 0.264 e. The number of carbonyl (C=O) groups excluding carboxylic acids is 1. The molecule has 20 heavy (non-hydrogen) atoms. The fraction of sp³-hybridized carbons (Fsp3) is 0.889. The molecule has 0 spiro atoms.